The van der Waals surface area contributed by atoms with Gasteiger partial charge in [0.15, 0.2) is 0 Å². The van der Waals surface area contributed by atoms with Gasteiger partial charge in [0.25, 0.3) is 0 Å². The molecule has 1 aliphatic rings. The van der Waals surface area contributed by atoms with Crippen LogP contribution in [0.25, 0.3) is 0 Å². The number of rotatable bonds is 3. The average Bonchev–Trinajstić information content (AvgIpc) is 2.42. The van der Waals surface area contributed by atoms with Gasteiger partial charge < -0.3 is 9.64 Å². The van der Waals surface area contributed by atoms with Gasteiger partial charge in [-0.15, -0.1) is 0 Å². The number of nitrogens with zero attached hydrogens (tertiary/aromatic N) is 1. The van der Waals surface area contributed by atoms with Crippen LogP contribution in [-0.2, 0) is 5.41 Å². The lowest BCUT2D eigenvalue weighted by Gasteiger charge is -2.54. The lowest BCUT2D eigenvalue weighted by molar-refractivity contribution is 0.0351. The number of likely N-dealkylation sites (N-methyl/N-ethyl adjacent to an activating group) is 1. The Balaban J connectivity index is 2.47. The number of benzene rings is 1. The summed E-state index contributed by atoms with van der Waals surface area (Å²) < 4.78 is 5.41. The third-order valence-corrected chi connectivity index (χ3v) is 5.47. The van der Waals surface area contributed by atoms with E-state index in [1.54, 1.807) is 7.11 Å². The van der Waals surface area contributed by atoms with Crippen molar-refractivity contribution in [3.8, 4) is 5.75 Å². The zero-order valence-corrected chi connectivity index (χ0v) is 13.0. The molecule has 2 nitrogen and oxygen atoms in total. The summed E-state index contributed by atoms with van der Waals surface area (Å²) in [7, 11) is 6.17. The molecule has 0 bridgehead atoms. The maximum absolute atomic E-state index is 5.41. The van der Waals surface area contributed by atoms with Gasteiger partial charge in [0.05, 0.1) is 7.11 Å². The summed E-state index contributed by atoms with van der Waals surface area (Å²) in [6, 6.07) is 8.62. The minimum absolute atomic E-state index is 0.184. The molecule has 0 aromatic heterocycles. The van der Waals surface area contributed by atoms with Gasteiger partial charge in [-0.25, -0.2) is 0 Å². The molecule has 0 radical (unpaired) electrons. The summed E-state index contributed by atoms with van der Waals surface area (Å²) >= 11 is 0. The van der Waals surface area contributed by atoms with Gasteiger partial charge in [-0.1, -0.05) is 31.9 Å². The minimum Gasteiger partial charge on any atom is -0.497 e. The van der Waals surface area contributed by atoms with Crippen LogP contribution < -0.4 is 4.74 Å². The van der Waals surface area contributed by atoms with E-state index in [1.165, 1.54) is 31.2 Å². The molecule has 1 aliphatic carbocycles. The van der Waals surface area contributed by atoms with Crippen LogP contribution in [-0.4, -0.2) is 31.6 Å². The average molecular weight is 261 g/mol. The standard InChI is InChI=1S/C17H27NO/c1-16(14-9-8-10-15(13-14)19-5)11-6-7-12-17(16,2)18(3)4/h8-10,13H,6-7,11-12H2,1-5H3. The Morgan fingerprint density at radius 3 is 2.42 bits per heavy atom. The van der Waals surface area contributed by atoms with Crippen LogP contribution in [0.15, 0.2) is 24.3 Å². The topological polar surface area (TPSA) is 12.5 Å². The highest BCUT2D eigenvalue weighted by molar-refractivity contribution is 5.37. The molecule has 19 heavy (non-hydrogen) atoms. The molecule has 0 saturated heterocycles. The monoisotopic (exact) mass is 261 g/mol. The molecule has 2 unspecified atom stereocenters. The SMILES string of the molecule is COc1cccc(C2(C)CCCCC2(C)N(C)C)c1. The van der Waals surface area contributed by atoms with Crippen molar-refractivity contribution in [1.29, 1.82) is 0 Å². The van der Waals surface area contributed by atoms with Crippen LogP contribution in [0.5, 0.6) is 5.75 Å². The van der Waals surface area contributed by atoms with Crippen LogP contribution in [0.4, 0.5) is 0 Å². The predicted molar refractivity (Wildman–Crippen MR) is 80.9 cm³/mol. The molecular weight excluding hydrogens is 234 g/mol. The van der Waals surface area contributed by atoms with Crippen LogP contribution >= 0.6 is 0 Å². The highest BCUT2D eigenvalue weighted by Gasteiger charge is 2.48. The summed E-state index contributed by atoms with van der Waals surface area (Å²) in [4.78, 5) is 2.41. The molecule has 2 rings (SSSR count). The lowest BCUT2D eigenvalue weighted by atomic mass is 9.59. The van der Waals surface area contributed by atoms with Gasteiger partial charge >= 0.3 is 0 Å². The van der Waals surface area contributed by atoms with Crippen molar-refractivity contribution >= 4 is 0 Å². The molecule has 0 amide bonds. The smallest absolute Gasteiger partial charge is 0.119 e. The Labute approximate surface area is 117 Å². The van der Waals surface area contributed by atoms with Crippen molar-refractivity contribution in [2.45, 2.75) is 50.5 Å². The van der Waals surface area contributed by atoms with E-state index in [1.807, 2.05) is 6.07 Å². The Hall–Kier alpha value is -1.02. The van der Waals surface area contributed by atoms with Gasteiger partial charge in [-0.05, 0) is 51.6 Å². The van der Waals surface area contributed by atoms with Crippen molar-refractivity contribution in [3.05, 3.63) is 29.8 Å². The van der Waals surface area contributed by atoms with Gasteiger partial charge in [-0.3, -0.25) is 0 Å². The fourth-order valence-corrected chi connectivity index (χ4v) is 3.63. The third-order valence-electron chi connectivity index (χ3n) is 5.47. The molecular formula is C17H27NO. The minimum atomic E-state index is 0.184. The Morgan fingerprint density at radius 1 is 1.11 bits per heavy atom. The normalized spacial score (nSPS) is 31.5. The molecule has 106 valence electrons. The number of ether oxygens (including phenoxy) is 1. The summed E-state index contributed by atoms with van der Waals surface area (Å²) in [5, 5.41) is 0. The largest absolute Gasteiger partial charge is 0.497 e. The van der Waals surface area contributed by atoms with E-state index in [0.717, 1.165) is 5.75 Å². The Bertz CT molecular complexity index is 443. The Kier molecular flexibility index (Phi) is 3.91. The molecule has 1 aromatic carbocycles. The van der Waals surface area contributed by atoms with E-state index in [9.17, 15) is 0 Å². The maximum Gasteiger partial charge on any atom is 0.119 e. The van der Waals surface area contributed by atoms with Crippen molar-refractivity contribution in [2.75, 3.05) is 21.2 Å². The number of hydrogen-bond donors (Lipinski definition) is 0. The summed E-state index contributed by atoms with van der Waals surface area (Å²) in [5.41, 5.74) is 1.80. The van der Waals surface area contributed by atoms with Crippen LogP contribution in [0.1, 0.15) is 45.1 Å². The van der Waals surface area contributed by atoms with E-state index < -0.39 is 0 Å². The van der Waals surface area contributed by atoms with E-state index in [4.69, 9.17) is 4.74 Å². The molecule has 2 heteroatoms. The highest BCUT2D eigenvalue weighted by atomic mass is 16.5. The first-order valence-corrected chi connectivity index (χ1v) is 7.26. The second-order valence-corrected chi connectivity index (χ2v) is 6.44. The molecule has 0 spiro atoms. The van der Waals surface area contributed by atoms with Crippen LogP contribution in [0.3, 0.4) is 0 Å². The van der Waals surface area contributed by atoms with E-state index in [2.05, 4.69) is 51.0 Å². The van der Waals surface area contributed by atoms with Crippen molar-refractivity contribution in [1.82, 2.24) is 4.90 Å². The number of methoxy groups -OCH3 is 1. The first-order chi connectivity index (χ1) is 8.94. The van der Waals surface area contributed by atoms with Gasteiger partial charge in [-0.2, -0.15) is 0 Å². The second kappa shape index (κ2) is 5.16. The first kappa shape index (κ1) is 14.4. The van der Waals surface area contributed by atoms with Gasteiger partial charge in [0, 0.05) is 11.0 Å². The molecule has 1 fully saturated rings. The van der Waals surface area contributed by atoms with Crippen molar-refractivity contribution in [2.24, 2.45) is 0 Å². The highest BCUT2D eigenvalue weighted by Crippen LogP contribution is 2.49. The maximum atomic E-state index is 5.41. The number of hydrogen-bond acceptors (Lipinski definition) is 2. The summed E-state index contributed by atoms with van der Waals surface area (Å²) in [6.07, 6.45) is 5.15. The summed E-state index contributed by atoms with van der Waals surface area (Å²) in [6.45, 7) is 4.83. The third kappa shape index (κ3) is 2.27. The quantitative estimate of drug-likeness (QED) is 0.819. The molecule has 0 N–H and O–H groups in total. The molecule has 2 atom stereocenters. The second-order valence-electron chi connectivity index (χ2n) is 6.44. The predicted octanol–water partition coefficient (Wildman–Crippen LogP) is 3.85. The molecule has 0 heterocycles. The zero-order valence-electron chi connectivity index (χ0n) is 13.0. The van der Waals surface area contributed by atoms with E-state index in [0.29, 0.717) is 0 Å². The Morgan fingerprint density at radius 2 is 1.79 bits per heavy atom. The molecule has 1 aromatic rings. The van der Waals surface area contributed by atoms with Gasteiger partial charge in [0.2, 0.25) is 0 Å². The van der Waals surface area contributed by atoms with E-state index in [-0.39, 0.29) is 11.0 Å². The summed E-state index contributed by atoms with van der Waals surface area (Å²) in [5.74, 6) is 0.963. The van der Waals surface area contributed by atoms with Crippen LogP contribution in [0, 0.1) is 0 Å². The zero-order chi connectivity index (χ0) is 14.1. The molecule has 0 aliphatic heterocycles. The fraction of sp³-hybridized carbons (Fsp3) is 0.647. The van der Waals surface area contributed by atoms with E-state index >= 15 is 0 Å². The van der Waals surface area contributed by atoms with Gasteiger partial charge in [0.1, 0.15) is 5.75 Å². The van der Waals surface area contributed by atoms with Crippen molar-refractivity contribution in [3.63, 3.8) is 0 Å². The lowest BCUT2D eigenvalue weighted by Crippen LogP contribution is -2.58. The van der Waals surface area contributed by atoms with Crippen LogP contribution in [0.2, 0.25) is 0 Å². The fourth-order valence-electron chi connectivity index (χ4n) is 3.63. The van der Waals surface area contributed by atoms with Crippen molar-refractivity contribution < 1.29 is 4.74 Å². The molecule has 1 saturated carbocycles. The first-order valence-electron chi connectivity index (χ1n) is 7.26.